The van der Waals surface area contributed by atoms with Crippen LogP contribution in [0, 0.1) is 0 Å². The van der Waals surface area contributed by atoms with Crippen molar-refractivity contribution in [2.75, 3.05) is 0 Å². The molecule has 0 radical (unpaired) electrons. The maximum absolute atomic E-state index is 12.5. The molecule has 1 fully saturated rings. The second-order valence-electron chi connectivity index (χ2n) is 6.76. The normalized spacial score (nSPS) is 19.4. The van der Waals surface area contributed by atoms with Gasteiger partial charge in [0.1, 0.15) is 11.7 Å². The molecule has 3 aromatic rings. The minimum Gasteiger partial charge on any atom is -0.313 e. The standard InChI is InChI=1S/C20H21N3O2/c1-3-12(2)13-6-4-8-15-18(13)14-7-5-11-21-19(14)23(15)16-9-10-17(24)22-20(16)25/h4-8,11-12,16H,3,9-10H2,1-2H3,(H,22,24,25). The van der Waals surface area contributed by atoms with Crippen molar-refractivity contribution in [2.45, 2.75) is 45.1 Å². The summed E-state index contributed by atoms with van der Waals surface area (Å²) in [5.41, 5.74) is 3.10. The zero-order valence-electron chi connectivity index (χ0n) is 14.5. The van der Waals surface area contributed by atoms with Gasteiger partial charge in [0.25, 0.3) is 0 Å². The molecule has 2 amide bonds. The van der Waals surface area contributed by atoms with E-state index in [1.807, 2.05) is 22.8 Å². The summed E-state index contributed by atoms with van der Waals surface area (Å²) in [5, 5.41) is 4.71. The van der Waals surface area contributed by atoms with E-state index in [0.29, 0.717) is 18.8 Å². The molecule has 1 aliphatic heterocycles. The van der Waals surface area contributed by atoms with Crippen LogP contribution < -0.4 is 5.32 Å². The van der Waals surface area contributed by atoms with Gasteiger partial charge in [-0.25, -0.2) is 4.98 Å². The molecule has 1 saturated heterocycles. The van der Waals surface area contributed by atoms with Crippen molar-refractivity contribution < 1.29 is 9.59 Å². The average Bonchev–Trinajstić information content (AvgIpc) is 2.96. The van der Waals surface area contributed by atoms with Crippen LogP contribution in [0.4, 0.5) is 0 Å². The first-order valence-corrected chi connectivity index (χ1v) is 8.83. The summed E-state index contributed by atoms with van der Waals surface area (Å²) < 4.78 is 2.01. The molecule has 1 N–H and O–H groups in total. The van der Waals surface area contributed by atoms with Crippen LogP contribution in [0.3, 0.4) is 0 Å². The number of aromatic nitrogens is 2. The lowest BCUT2D eigenvalue weighted by Gasteiger charge is -2.23. The number of carbonyl (C=O) groups excluding carboxylic acids is 2. The van der Waals surface area contributed by atoms with Crippen molar-refractivity contribution in [1.82, 2.24) is 14.9 Å². The number of amides is 2. The van der Waals surface area contributed by atoms with Gasteiger partial charge in [-0.15, -0.1) is 0 Å². The summed E-state index contributed by atoms with van der Waals surface area (Å²) in [6, 6.07) is 9.86. The van der Waals surface area contributed by atoms with Gasteiger partial charge in [0.2, 0.25) is 11.8 Å². The van der Waals surface area contributed by atoms with E-state index in [1.54, 1.807) is 6.20 Å². The second kappa shape index (κ2) is 5.99. The molecule has 128 valence electrons. The first kappa shape index (κ1) is 15.8. The molecule has 0 spiro atoms. The number of fused-ring (bicyclic) bond motifs is 3. The number of nitrogens with one attached hydrogen (secondary N) is 1. The molecular weight excluding hydrogens is 314 g/mol. The summed E-state index contributed by atoms with van der Waals surface area (Å²) in [6.45, 7) is 4.40. The second-order valence-corrected chi connectivity index (χ2v) is 6.76. The quantitative estimate of drug-likeness (QED) is 0.743. The van der Waals surface area contributed by atoms with Crippen LogP contribution in [-0.2, 0) is 9.59 Å². The zero-order valence-corrected chi connectivity index (χ0v) is 14.5. The van der Waals surface area contributed by atoms with E-state index in [2.05, 4.69) is 36.3 Å². The van der Waals surface area contributed by atoms with Crippen LogP contribution in [-0.4, -0.2) is 21.4 Å². The molecule has 0 bridgehead atoms. The molecule has 5 nitrogen and oxygen atoms in total. The number of piperidine rings is 1. The minimum absolute atomic E-state index is 0.199. The fourth-order valence-corrected chi connectivity index (χ4v) is 3.82. The Balaban J connectivity index is 2.03. The molecule has 2 atom stereocenters. The molecule has 1 aromatic carbocycles. The van der Waals surface area contributed by atoms with Crippen molar-refractivity contribution in [3.8, 4) is 0 Å². The largest absolute Gasteiger partial charge is 0.313 e. The van der Waals surface area contributed by atoms with Gasteiger partial charge >= 0.3 is 0 Å². The average molecular weight is 335 g/mol. The van der Waals surface area contributed by atoms with E-state index in [0.717, 1.165) is 23.0 Å². The van der Waals surface area contributed by atoms with E-state index in [4.69, 9.17) is 0 Å². The van der Waals surface area contributed by atoms with E-state index in [-0.39, 0.29) is 11.8 Å². The summed E-state index contributed by atoms with van der Waals surface area (Å²) in [4.78, 5) is 28.6. The summed E-state index contributed by atoms with van der Waals surface area (Å²) in [5.74, 6) is -0.0189. The van der Waals surface area contributed by atoms with Crippen LogP contribution in [0.25, 0.3) is 21.9 Å². The number of nitrogens with zero attached hydrogens (tertiary/aromatic N) is 2. The van der Waals surface area contributed by atoms with Gasteiger partial charge in [-0.05, 0) is 42.5 Å². The minimum atomic E-state index is -0.403. The summed E-state index contributed by atoms with van der Waals surface area (Å²) in [6.07, 6.45) is 3.67. The van der Waals surface area contributed by atoms with Crippen LogP contribution >= 0.6 is 0 Å². The lowest BCUT2D eigenvalue weighted by Crippen LogP contribution is -2.41. The van der Waals surface area contributed by atoms with E-state index in [1.165, 1.54) is 10.9 Å². The predicted molar refractivity (Wildman–Crippen MR) is 97.4 cm³/mol. The van der Waals surface area contributed by atoms with E-state index >= 15 is 0 Å². The Morgan fingerprint density at radius 2 is 2.12 bits per heavy atom. The third kappa shape index (κ3) is 2.42. The van der Waals surface area contributed by atoms with Crippen molar-refractivity contribution in [3.05, 3.63) is 42.1 Å². The number of imide groups is 1. The first-order valence-electron chi connectivity index (χ1n) is 8.83. The number of rotatable bonds is 3. The predicted octanol–water partition coefficient (Wildman–Crippen LogP) is 3.68. The maximum atomic E-state index is 12.5. The molecule has 3 heterocycles. The summed E-state index contributed by atoms with van der Waals surface area (Å²) in [7, 11) is 0. The van der Waals surface area contributed by atoms with Gasteiger partial charge in [0.05, 0.1) is 5.52 Å². The fraction of sp³-hybridized carbons (Fsp3) is 0.350. The Bertz CT molecular complexity index is 989. The van der Waals surface area contributed by atoms with Gasteiger partial charge in [0, 0.05) is 23.4 Å². The number of hydrogen-bond donors (Lipinski definition) is 1. The van der Waals surface area contributed by atoms with Gasteiger partial charge in [-0.1, -0.05) is 26.0 Å². The van der Waals surface area contributed by atoms with Crippen molar-refractivity contribution in [2.24, 2.45) is 0 Å². The third-order valence-corrected chi connectivity index (χ3v) is 5.28. The Morgan fingerprint density at radius 3 is 2.88 bits per heavy atom. The number of pyridine rings is 1. The molecule has 2 aromatic heterocycles. The van der Waals surface area contributed by atoms with Gasteiger partial charge < -0.3 is 4.57 Å². The Kier molecular flexibility index (Phi) is 3.79. The van der Waals surface area contributed by atoms with E-state index < -0.39 is 6.04 Å². The number of hydrogen-bond acceptors (Lipinski definition) is 3. The Morgan fingerprint density at radius 1 is 1.28 bits per heavy atom. The van der Waals surface area contributed by atoms with Crippen LogP contribution in [0.15, 0.2) is 36.5 Å². The molecule has 0 saturated carbocycles. The highest BCUT2D eigenvalue weighted by atomic mass is 16.2. The SMILES string of the molecule is CCC(C)c1cccc2c1c1cccnc1n2C1CCC(=O)NC1=O. The van der Waals surface area contributed by atoms with E-state index in [9.17, 15) is 9.59 Å². The molecule has 1 aliphatic rings. The highest BCUT2D eigenvalue weighted by Gasteiger charge is 2.31. The summed E-state index contributed by atoms with van der Waals surface area (Å²) >= 11 is 0. The molecule has 0 aliphatic carbocycles. The zero-order chi connectivity index (χ0) is 17.6. The molecule has 4 rings (SSSR count). The smallest absolute Gasteiger partial charge is 0.249 e. The lowest BCUT2D eigenvalue weighted by atomic mass is 9.94. The van der Waals surface area contributed by atoms with Crippen LogP contribution in [0.5, 0.6) is 0 Å². The lowest BCUT2D eigenvalue weighted by molar-refractivity contribution is -0.135. The van der Waals surface area contributed by atoms with Crippen molar-refractivity contribution >= 4 is 33.8 Å². The monoisotopic (exact) mass is 335 g/mol. The third-order valence-electron chi connectivity index (χ3n) is 5.28. The highest BCUT2D eigenvalue weighted by molar-refractivity contribution is 6.10. The molecular formula is C20H21N3O2. The fourth-order valence-electron chi connectivity index (χ4n) is 3.82. The van der Waals surface area contributed by atoms with Crippen LogP contribution in [0.1, 0.15) is 50.6 Å². The van der Waals surface area contributed by atoms with Crippen molar-refractivity contribution in [1.29, 1.82) is 0 Å². The highest BCUT2D eigenvalue weighted by Crippen LogP contribution is 2.37. The Labute approximate surface area is 146 Å². The topological polar surface area (TPSA) is 64.0 Å². The number of carbonyl (C=O) groups is 2. The van der Waals surface area contributed by atoms with Gasteiger partial charge in [-0.2, -0.15) is 0 Å². The maximum Gasteiger partial charge on any atom is 0.249 e. The first-order chi connectivity index (χ1) is 12.1. The molecule has 2 unspecified atom stereocenters. The van der Waals surface area contributed by atoms with Crippen molar-refractivity contribution in [3.63, 3.8) is 0 Å². The van der Waals surface area contributed by atoms with Crippen LogP contribution in [0.2, 0.25) is 0 Å². The van der Waals surface area contributed by atoms with Gasteiger partial charge in [-0.3, -0.25) is 14.9 Å². The Hall–Kier alpha value is -2.69. The molecule has 5 heteroatoms. The number of benzene rings is 1. The van der Waals surface area contributed by atoms with Gasteiger partial charge in [0.15, 0.2) is 0 Å². The molecule has 25 heavy (non-hydrogen) atoms.